The molecule has 1 fully saturated rings. The van der Waals surface area contributed by atoms with E-state index < -0.39 is 5.97 Å². The van der Waals surface area contributed by atoms with Crippen LogP contribution in [0.3, 0.4) is 0 Å². The van der Waals surface area contributed by atoms with Crippen molar-refractivity contribution >= 4 is 35.0 Å². The summed E-state index contributed by atoms with van der Waals surface area (Å²) in [4.78, 5) is 13.0. The van der Waals surface area contributed by atoms with Crippen molar-refractivity contribution in [3.63, 3.8) is 0 Å². The van der Waals surface area contributed by atoms with E-state index in [0.29, 0.717) is 10.6 Å². The molecule has 1 heterocycles. The van der Waals surface area contributed by atoms with Gasteiger partial charge in [0.05, 0.1) is 28.8 Å². The second kappa shape index (κ2) is 6.18. The minimum Gasteiger partial charge on any atom is -0.481 e. The van der Waals surface area contributed by atoms with Crippen molar-refractivity contribution in [3.8, 4) is 6.07 Å². The van der Waals surface area contributed by atoms with Crippen LogP contribution >= 0.6 is 23.4 Å². The highest BCUT2D eigenvalue weighted by molar-refractivity contribution is 7.99. The maximum atomic E-state index is 10.9. The predicted octanol–water partition coefficient (Wildman–Crippen LogP) is 2.61. The molecule has 1 aliphatic heterocycles. The van der Waals surface area contributed by atoms with Gasteiger partial charge in [-0.25, -0.2) is 0 Å². The van der Waals surface area contributed by atoms with E-state index in [9.17, 15) is 4.79 Å². The maximum Gasteiger partial charge on any atom is 0.305 e. The maximum absolute atomic E-state index is 10.9. The third-order valence-electron chi connectivity index (χ3n) is 3.02. The Hall–Kier alpha value is -1.38. The first kappa shape index (κ1) is 14.0. The number of benzene rings is 1. The van der Waals surface area contributed by atoms with Crippen molar-refractivity contribution in [3.05, 3.63) is 28.8 Å². The number of anilines is 1. The second-order valence-corrected chi connectivity index (χ2v) is 5.86. The third-order valence-corrected chi connectivity index (χ3v) is 4.42. The van der Waals surface area contributed by atoms with E-state index in [1.165, 1.54) is 0 Å². The number of aliphatic carboxylic acids is 1. The fourth-order valence-electron chi connectivity index (χ4n) is 2.15. The van der Waals surface area contributed by atoms with Crippen LogP contribution in [0.25, 0.3) is 0 Å². The van der Waals surface area contributed by atoms with Gasteiger partial charge in [0.2, 0.25) is 0 Å². The van der Waals surface area contributed by atoms with Crippen LogP contribution < -0.4 is 4.90 Å². The van der Waals surface area contributed by atoms with Crippen molar-refractivity contribution < 1.29 is 9.90 Å². The van der Waals surface area contributed by atoms with E-state index in [1.807, 2.05) is 11.0 Å². The molecule has 19 heavy (non-hydrogen) atoms. The summed E-state index contributed by atoms with van der Waals surface area (Å²) in [7, 11) is 0. The van der Waals surface area contributed by atoms with E-state index in [2.05, 4.69) is 0 Å². The molecule has 0 bridgehead atoms. The molecule has 0 aliphatic carbocycles. The summed E-state index contributed by atoms with van der Waals surface area (Å²) in [6.45, 7) is 0.772. The number of carboxylic acid groups (broad SMARTS) is 1. The van der Waals surface area contributed by atoms with Crippen molar-refractivity contribution in [2.75, 3.05) is 23.0 Å². The smallest absolute Gasteiger partial charge is 0.305 e. The summed E-state index contributed by atoms with van der Waals surface area (Å²) in [6, 6.07) is 7.11. The quantitative estimate of drug-likeness (QED) is 0.929. The largest absolute Gasteiger partial charge is 0.481 e. The fourth-order valence-corrected chi connectivity index (χ4v) is 3.50. The highest BCUT2D eigenvalue weighted by atomic mass is 35.5. The number of nitriles is 1. The Morgan fingerprint density at radius 1 is 1.63 bits per heavy atom. The van der Waals surface area contributed by atoms with Gasteiger partial charge in [0.25, 0.3) is 0 Å². The monoisotopic (exact) mass is 296 g/mol. The summed E-state index contributed by atoms with van der Waals surface area (Å²) in [5.41, 5.74) is 1.32. The minimum absolute atomic E-state index is 0.0540. The lowest BCUT2D eigenvalue weighted by atomic mass is 10.1. The van der Waals surface area contributed by atoms with Gasteiger partial charge >= 0.3 is 5.97 Å². The summed E-state index contributed by atoms with van der Waals surface area (Å²) < 4.78 is 0. The Balaban J connectivity index is 2.27. The molecular formula is C13H13ClN2O2S. The molecule has 1 aromatic carbocycles. The Bertz CT molecular complexity index is 530. The Morgan fingerprint density at radius 2 is 2.42 bits per heavy atom. The zero-order chi connectivity index (χ0) is 13.8. The van der Waals surface area contributed by atoms with Crippen LogP contribution in [-0.2, 0) is 4.79 Å². The molecule has 0 radical (unpaired) electrons. The SMILES string of the molecule is N#Cc1ccc(N2CCSCC2CC(=O)O)c(Cl)c1. The van der Waals surface area contributed by atoms with E-state index in [-0.39, 0.29) is 12.5 Å². The fraction of sp³-hybridized carbons (Fsp3) is 0.385. The lowest BCUT2D eigenvalue weighted by molar-refractivity contribution is -0.137. The average molecular weight is 297 g/mol. The third kappa shape index (κ3) is 3.34. The van der Waals surface area contributed by atoms with Gasteiger partial charge in [-0.2, -0.15) is 17.0 Å². The molecule has 1 aromatic rings. The molecule has 2 rings (SSSR count). The normalized spacial score (nSPS) is 18.9. The zero-order valence-corrected chi connectivity index (χ0v) is 11.7. The summed E-state index contributed by atoms with van der Waals surface area (Å²) in [5, 5.41) is 18.3. The van der Waals surface area contributed by atoms with E-state index in [1.54, 1.807) is 30.0 Å². The molecule has 1 unspecified atom stereocenters. The van der Waals surface area contributed by atoms with Gasteiger partial charge in [-0.1, -0.05) is 11.6 Å². The number of nitrogens with zero attached hydrogens (tertiary/aromatic N) is 2. The van der Waals surface area contributed by atoms with Gasteiger partial charge in [0.1, 0.15) is 0 Å². The van der Waals surface area contributed by atoms with Crippen molar-refractivity contribution in [2.24, 2.45) is 0 Å². The molecule has 0 amide bonds. The van der Waals surface area contributed by atoms with Crippen LogP contribution in [0.1, 0.15) is 12.0 Å². The number of carbonyl (C=O) groups is 1. The van der Waals surface area contributed by atoms with E-state index in [4.69, 9.17) is 22.0 Å². The lowest BCUT2D eigenvalue weighted by Crippen LogP contribution is -2.43. The highest BCUT2D eigenvalue weighted by Crippen LogP contribution is 2.32. The van der Waals surface area contributed by atoms with Gasteiger partial charge in [0, 0.05) is 24.1 Å². The Labute approximate surface area is 121 Å². The van der Waals surface area contributed by atoms with Gasteiger partial charge < -0.3 is 10.0 Å². The molecular weight excluding hydrogens is 284 g/mol. The molecule has 4 nitrogen and oxygen atoms in total. The van der Waals surface area contributed by atoms with Crippen LogP contribution in [0.2, 0.25) is 5.02 Å². The summed E-state index contributed by atoms with van der Waals surface area (Å²) in [5.74, 6) is 0.928. The lowest BCUT2D eigenvalue weighted by Gasteiger charge is -2.37. The van der Waals surface area contributed by atoms with Crippen molar-refractivity contribution in [2.45, 2.75) is 12.5 Å². The second-order valence-electron chi connectivity index (χ2n) is 4.30. The average Bonchev–Trinajstić information content (AvgIpc) is 2.39. The molecule has 1 saturated heterocycles. The van der Waals surface area contributed by atoms with Crippen LogP contribution in [0.4, 0.5) is 5.69 Å². The molecule has 6 heteroatoms. The molecule has 100 valence electrons. The Kier molecular flexibility index (Phi) is 4.56. The molecule has 0 aromatic heterocycles. The van der Waals surface area contributed by atoms with E-state index in [0.717, 1.165) is 23.7 Å². The van der Waals surface area contributed by atoms with E-state index >= 15 is 0 Å². The summed E-state index contributed by atoms with van der Waals surface area (Å²) >= 11 is 7.95. The molecule has 1 N–H and O–H groups in total. The van der Waals surface area contributed by atoms with Crippen LogP contribution in [0.5, 0.6) is 0 Å². The molecule has 1 aliphatic rings. The van der Waals surface area contributed by atoms with Crippen LogP contribution in [0.15, 0.2) is 18.2 Å². The topological polar surface area (TPSA) is 64.3 Å². The first-order valence-electron chi connectivity index (χ1n) is 5.87. The standard InChI is InChI=1S/C13H13ClN2O2S/c14-11-5-9(7-15)1-2-12(11)16-3-4-19-8-10(16)6-13(17)18/h1-2,5,10H,3-4,6,8H2,(H,17,18). The van der Waals surface area contributed by atoms with Gasteiger partial charge in [-0.15, -0.1) is 0 Å². The highest BCUT2D eigenvalue weighted by Gasteiger charge is 2.26. The number of carboxylic acids is 1. The predicted molar refractivity (Wildman–Crippen MR) is 76.9 cm³/mol. The minimum atomic E-state index is -0.803. The number of halogens is 1. The van der Waals surface area contributed by atoms with Gasteiger partial charge in [-0.3, -0.25) is 4.79 Å². The number of hydrogen-bond acceptors (Lipinski definition) is 4. The molecule has 1 atom stereocenters. The number of hydrogen-bond donors (Lipinski definition) is 1. The van der Waals surface area contributed by atoms with Crippen molar-refractivity contribution in [1.82, 2.24) is 0 Å². The molecule has 0 spiro atoms. The number of rotatable bonds is 3. The zero-order valence-electron chi connectivity index (χ0n) is 10.2. The summed E-state index contributed by atoms with van der Waals surface area (Å²) in [6.07, 6.45) is 0.101. The van der Waals surface area contributed by atoms with Gasteiger partial charge in [-0.05, 0) is 18.2 Å². The first-order chi connectivity index (χ1) is 9.11. The first-order valence-corrected chi connectivity index (χ1v) is 7.41. The van der Waals surface area contributed by atoms with Crippen LogP contribution in [0, 0.1) is 11.3 Å². The van der Waals surface area contributed by atoms with Gasteiger partial charge in [0.15, 0.2) is 0 Å². The number of thioether (sulfide) groups is 1. The van der Waals surface area contributed by atoms with Crippen LogP contribution in [-0.4, -0.2) is 35.2 Å². The Morgan fingerprint density at radius 3 is 3.05 bits per heavy atom. The molecule has 0 saturated carbocycles. The van der Waals surface area contributed by atoms with Crippen molar-refractivity contribution in [1.29, 1.82) is 5.26 Å².